The van der Waals surface area contributed by atoms with Crippen LogP contribution in [0, 0.1) is 11.6 Å². The molecule has 1 aliphatic heterocycles. The molecule has 2 aromatic rings. The Morgan fingerprint density at radius 1 is 1.42 bits per heavy atom. The maximum Gasteiger partial charge on any atom is 0.257 e. The third-order valence-corrected chi connectivity index (χ3v) is 4.56. The van der Waals surface area contributed by atoms with E-state index in [1.54, 1.807) is 0 Å². The molecule has 0 saturated heterocycles. The van der Waals surface area contributed by atoms with E-state index in [1.807, 2.05) is 6.92 Å². The third kappa shape index (κ3) is 2.87. The molecule has 26 heavy (non-hydrogen) atoms. The van der Waals surface area contributed by atoms with Crippen molar-refractivity contribution in [3.63, 3.8) is 0 Å². The first-order valence-electron chi connectivity index (χ1n) is 8.02. The second-order valence-corrected chi connectivity index (χ2v) is 6.18. The molecule has 136 valence electrons. The molecule has 0 fully saturated rings. The summed E-state index contributed by atoms with van der Waals surface area (Å²) in [6.07, 6.45) is 1.39. The minimum absolute atomic E-state index is 0.0543. The number of aldehydes is 1. The Balaban J connectivity index is 1.97. The number of carbonyl (C=O) groups excluding carboxylic acids is 2. The highest BCUT2D eigenvalue weighted by atomic mass is 19.1. The van der Waals surface area contributed by atoms with Crippen molar-refractivity contribution in [3.05, 3.63) is 62.6 Å². The van der Waals surface area contributed by atoms with E-state index < -0.39 is 28.7 Å². The van der Waals surface area contributed by atoms with Gasteiger partial charge in [0.15, 0.2) is 12.0 Å². The van der Waals surface area contributed by atoms with Crippen molar-refractivity contribution >= 4 is 12.2 Å². The van der Waals surface area contributed by atoms with Crippen molar-refractivity contribution in [2.45, 2.75) is 32.4 Å². The molecular weight excluding hydrogens is 346 g/mol. The second kappa shape index (κ2) is 6.70. The smallest absolute Gasteiger partial charge is 0.257 e. The van der Waals surface area contributed by atoms with Gasteiger partial charge in [0, 0.05) is 29.9 Å². The van der Waals surface area contributed by atoms with E-state index in [2.05, 4.69) is 5.32 Å². The molecule has 6 nitrogen and oxygen atoms in total. The van der Waals surface area contributed by atoms with Crippen molar-refractivity contribution in [1.82, 2.24) is 9.88 Å². The zero-order valence-corrected chi connectivity index (χ0v) is 13.9. The molecule has 8 heteroatoms. The van der Waals surface area contributed by atoms with Crippen LogP contribution in [0.25, 0.3) is 0 Å². The number of benzene rings is 1. The Bertz CT molecular complexity index is 969. The minimum atomic E-state index is -0.940. The van der Waals surface area contributed by atoms with Gasteiger partial charge in [0.1, 0.15) is 22.9 Å². The Labute approximate surface area is 147 Å². The maximum atomic E-state index is 13.7. The van der Waals surface area contributed by atoms with Gasteiger partial charge in [-0.15, -0.1) is 0 Å². The van der Waals surface area contributed by atoms with Crippen molar-refractivity contribution in [3.8, 4) is 5.75 Å². The number of amides is 1. The number of carbonyl (C=O) groups is 2. The second-order valence-electron chi connectivity index (χ2n) is 6.18. The Morgan fingerprint density at radius 2 is 2.15 bits per heavy atom. The van der Waals surface area contributed by atoms with Gasteiger partial charge in [-0.3, -0.25) is 14.4 Å². The van der Waals surface area contributed by atoms with E-state index >= 15 is 0 Å². The largest absolute Gasteiger partial charge is 0.503 e. The van der Waals surface area contributed by atoms with E-state index in [1.165, 1.54) is 10.6 Å². The van der Waals surface area contributed by atoms with Crippen molar-refractivity contribution < 1.29 is 23.5 Å². The van der Waals surface area contributed by atoms with Gasteiger partial charge in [-0.1, -0.05) is 6.07 Å². The summed E-state index contributed by atoms with van der Waals surface area (Å²) in [6.45, 7) is 1.55. The molecule has 1 aromatic carbocycles. The van der Waals surface area contributed by atoms with Crippen LogP contribution in [-0.2, 0) is 13.0 Å². The number of aromatic hydroxyl groups is 1. The van der Waals surface area contributed by atoms with Gasteiger partial charge >= 0.3 is 0 Å². The highest BCUT2D eigenvalue weighted by molar-refractivity contribution is 5.96. The van der Waals surface area contributed by atoms with Gasteiger partial charge in [-0.25, -0.2) is 8.78 Å². The molecule has 1 aromatic heterocycles. The molecule has 0 aliphatic carbocycles. The summed E-state index contributed by atoms with van der Waals surface area (Å²) in [7, 11) is 0. The zero-order chi connectivity index (χ0) is 19.0. The van der Waals surface area contributed by atoms with Crippen LogP contribution in [0.2, 0.25) is 0 Å². The van der Waals surface area contributed by atoms with Crippen LogP contribution in [0.15, 0.2) is 23.0 Å². The number of nitrogens with one attached hydrogen (secondary N) is 1. The Morgan fingerprint density at radius 3 is 2.81 bits per heavy atom. The van der Waals surface area contributed by atoms with Gasteiger partial charge in [0.25, 0.3) is 5.91 Å². The summed E-state index contributed by atoms with van der Waals surface area (Å²) >= 11 is 0. The molecule has 0 spiro atoms. The fourth-order valence-corrected chi connectivity index (χ4v) is 3.25. The fourth-order valence-electron chi connectivity index (χ4n) is 3.25. The predicted octanol–water partition coefficient (Wildman–Crippen LogP) is 2.08. The van der Waals surface area contributed by atoms with E-state index in [0.29, 0.717) is 30.9 Å². The summed E-state index contributed by atoms with van der Waals surface area (Å²) in [5.74, 6) is -3.13. The van der Waals surface area contributed by atoms with Crippen LogP contribution in [0.1, 0.15) is 51.5 Å². The van der Waals surface area contributed by atoms with Crippen molar-refractivity contribution in [2.24, 2.45) is 0 Å². The lowest BCUT2D eigenvalue weighted by Crippen LogP contribution is -2.32. The van der Waals surface area contributed by atoms with Gasteiger partial charge in [-0.05, 0) is 25.8 Å². The van der Waals surface area contributed by atoms with Crippen LogP contribution >= 0.6 is 0 Å². The quantitative estimate of drug-likeness (QED) is 0.815. The molecule has 0 bridgehead atoms. The minimum Gasteiger partial charge on any atom is -0.503 e. The number of halogens is 2. The average molecular weight is 362 g/mol. The summed E-state index contributed by atoms with van der Waals surface area (Å²) in [5.41, 5.74) is -0.946. The zero-order valence-electron chi connectivity index (χ0n) is 13.9. The normalized spacial score (nSPS) is 15.6. The van der Waals surface area contributed by atoms with E-state index in [-0.39, 0.29) is 29.4 Å². The van der Waals surface area contributed by atoms with E-state index in [9.17, 15) is 28.3 Å². The van der Waals surface area contributed by atoms with Gasteiger partial charge in [-0.2, -0.15) is 0 Å². The van der Waals surface area contributed by atoms with Crippen LogP contribution in [0.5, 0.6) is 5.75 Å². The lowest BCUT2D eigenvalue weighted by Gasteiger charge is -2.17. The van der Waals surface area contributed by atoms with Crippen LogP contribution in [0.3, 0.4) is 0 Å². The topological polar surface area (TPSA) is 88.4 Å². The third-order valence-electron chi connectivity index (χ3n) is 4.56. The molecule has 3 rings (SSSR count). The summed E-state index contributed by atoms with van der Waals surface area (Å²) < 4.78 is 28.1. The predicted molar refractivity (Wildman–Crippen MR) is 88.3 cm³/mol. The molecule has 1 aliphatic rings. The monoisotopic (exact) mass is 362 g/mol. The number of nitrogens with zero attached hydrogens (tertiary/aromatic N) is 1. The van der Waals surface area contributed by atoms with Crippen molar-refractivity contribution in [2.75, 3.05) is 0 Å². The Hall–Kier alpha value is -3.03. The summed E-state index contributed by atoms with van der Waals surface area (Å²) in [6, 6.07) is 2.79. The number of rotatable bonds is 4. The highest BCUT2D eigenvalue weighted by Gasteiger charge is 2.31. The van der Waals surface area contributed by atoms with E-state index in [4.69, 9.17) is 0 Å². The highest BCUT2D eigenvalue weighted by Crippen LogP contribution is 2.31. The molecule has 0 saturated carbocycles. The fraction of sp³-hybridized carbons (Fsp3) is 0.278. The molecular formula is C18H16F2N2O4. The number of aromatic nitrogens is 1. The summed E-state index contributed by atoms with van der Waals surface area (Å²) in [5, 5.41) is 12.4. The first-order chi connectivity index (χ1) is 12.3. The van der Waals surface area contributed by atoms with Crippen LogP contribution in [-0.4, -0.2) is 21.9 Å². The standard InChI is InChI=1S/C18H16F2N2O4/c1-9-2-5-13-15(17(25)16(24)14(8-23)22(9)13)18(26)21-7-10-3-4-11(19)6-12(10)20/h3-4,6,8-9,24H,2,5,7H2,1H3,(H,21,26)/t9-/m0/s1. The molecule has 2 N–H and O–H groups in total. The average Bonchev–Trinajstić information content (AvgIpc) is 2.96. The van der Waals surface area contributed by atoms with Crippen LogP contribution in [0.4, 0.5) is 8.78 Å². The molecule has 0 unspecified atom stereocenters. The molecule has 0 radical (unpaired) electrons. The Kier molecular flexibility index (Phi) is 4.58. The number of hydrogen-bond acceptors (Lipinski definition) is 4. The SMILES string of the molecule is C[C@H]1CCc2c(C(=O)NCc3ccc(F)cc3F)c(=O)c(O)c(C=O)n21. The van der Waals surface area contributed by atoms with Crippen LogP contribution < -0.4 is 10.7 Å². The van der Waals surface area contributed by atoms with Gasteiger partial charge in [0.05, 0.1) is 0 Å². The lowest BCUT2D eigenvalue weighted by molar-refractivity contribution is 0.0946. The van der Waals surface area contributed by atoms with Gasteiger partial charge < -0.3 is 15.0 Å². The molecule has 2 heterocycles. The number of hydrogen-bond donors (Lipinski definition) is 2. The lowest BCUT2D eigenvalue weighted by atomic mass is 10.1. The van der Waals surface area contributed by atoms with E-state index in [0.717, 1.165) is 6.07 Å². The first kappa shape index (κ1) is 17.8. The number of fused-ring (bicyclic) bond motifs is 1. The number of pyridine rings is 1. The van der Waals surface area contributed by atoms with Crippen molar-refractivity contribution in [1.29, 1.82) is 0 Å². The summed E-state index contributed by atoms with van der Waals surface area (Å²) in [4.78, 5) is 36.1. The van der Waals surface area contributed by atoms with Gasteiger partial charge in [0.2, 0.25) is 5.43 Å². The first-order valence-corrected chi connectivity index (χ1v) is 8.02. The molecule has 1 amide bonds. The molecule has 1 atom stereocenters. The maximum absolute atomic E-state index is 13.7.